The zero-order chi connectivity index (χ0) is 12.4. The third-order valence-electron chi connectivity index (χ3n) is 2.43. The summed E-state index contributed by atoms with van der Waals surface area (Å²) in [5, 5.41) is 9.86. The fourth-order valence-corrected chi connectivity index (χ4v) is 1.98. The summed E-state index contributed by atoms with van der Waals surface area (Å²) in [6.07, 6.45) is 5.04. The maximum atomic E-state index is 5.71. The van der Waals surface area contributed by atoms with E-state index in [2.05, 4.69) is 31.1 Å². The lowest BCUT2D eigenvalue weighted by Crippen LogP contribution is -1.92. The van der Waals surface area contributed by atoms with E-state index in [9.17, 15) is 0 Å². The van der Waals surface area contributed by atoms with E-state index in [4.69, 9.17) is 4.74 Å². The molecule has 2 aromatic heterocycles. The number of halogens is 1. The van der Waals surface area contributed by atoms with Gasteiger partial charge in [-0.05, 0) is 28.1 Å². The fourth-order valence-electron chi connectivity index (χ4n) is 1.64. The summed E-state index contributed by atoms with van der Waals surface area (Å²) in [6, 6.07) is 9.64. The first-order valence-electron chi connectivity index (χ1n) is 5.32. The molecule has 3 rings (SSSR count). The van der Waals surface area contributed by atoms with E-state index in [1.807, 2.05) is 30.3 Å². The van der Waals surface area contributed by atoms with Gasteiger partial charge in [-0.2, -0.15) is 5.10 Å². The summed E-state index contributed by atoms with van der Waals surface area (Å²) in [5.41, 5.74) is 0. The summed E-state index contributed by atoms with van der Waals surface area (Å²) in [4.78, 5) is 4.04. The second-order valence-corrected chi connectivity index (χ2v) is 4.59. The number of benzene rings is 1. The van der Waals surface area contributed by atoms with Gasteiger partial charge in [0.15, 0.2) is 0 Å². The lowest BCUT2D eigenvalue weighted by molar-refractivity contribution is 0.459. The highest BCUT2D eigenvalue weighted by Gasteiger charge is 2.05. The van der Waals surface area contributed by atoms with Crippen LogP contribution in [0.3, 0.4) is 0 Å². The molecular weight excluding hydrogens is 294 g/mol. The van der Waals surface area contributed by atoms with Crippen LogP contribution in [-0.2, 0) is 0 Å². The van der Waals surface area contributed by atoms with Crippen molar-refractivity contribution in [1.29, 1.82) is 0 Å². The van der Waals surface area contributed by atoms with E-state index in [0.717, 1.165) is 15.2 Å². The Bertz CT molecular complexity index is 697. The molecule has 0 fully saturated rings. The van der Waals surface area contributed by atoms with Crippen LogP contribution in [0.5, 0.6) is 11.6 Å². The normalized spacial score (nSPS) is 10.5. The number of aromatic nitrogens is 3. The molecule has 0 aliphatic heterocycles. The molecule has 3 aromatic rings. The topological polar surface area (TPSA) is 47.9 Å². The molecule has 1 aromatic carbocycles. The standard InChI is InChI=1S/C13H8BrN3O/c14-10-5-11(8-15-7-10)18-13-12-4-2-1-3-9(12)6-16-17-13/h1-8H. The second kappa shape index (κ2) is 4.70. The molecule has 0 bridgehead atoms. The highest BCUT2D eigenvalue weighted by Crippen LogP contribution is 2.27. The van der Waals surface area contributed by atoms with Gasteiger partial charge in [0.25, 0.3) is 0 Å². The van der Waals surface area contributed by atoms with Gasteiger partial charge in [-0.1, -0.05) is 18.2 Å². The van der Waals surface area contributed by atoms with E-state index < -0.39 is 0 Å². The largest absolute Gasteiger partial charge is 0.435 e. The summed E-state index contributed by atoms with van der Waals surface area (Å²) in [7, 11) is 0. The lowest BCUT2D eigenvalue weighted by atomic mass is 10.2. The van der Waals surface area contributed by atoms with E-state index in [1.165, 1.54) is 0 Å². The minimum Gasteiger partial charge on any atom is -0.435 e. The predicted molar refractivity (Wildman–Crippen MR) is 71.5 cm³/mol. The minimum absolute atomic E-state index is 0.480. The van der Waals surface area contributed by atoms with Gasteiger partial charge < -0.3 is 4.74 Å². The Labute approximate surface area is 112 Å². The molecule has 0 atom stereocenters. The van der Waals surface area contributed by atoms with E-state index in [1.54, 1.807) is 18.6 Å². The minimum atomic E-state index is 0.480. The van der Waals surface area contributed by atoms with Gasteiger partial charge in [-0.25, -0.2) is 0 Å². The zero-order valence-corrected chi connectivity index (χ0v) is 10.8. The fraction of sp³-hybridized carbons (Fsp3) is 0. The van der Waals surface area contributed by atoms with E-state index in [-0.39, 0.29) is 0 Å². The monoisotopic (exact) mass is 301 g/mol. The van der Waals surface area contributed by atoms with Gasteiger partial charge in [0.2, 0.25) is 5.88 Å². The van der Waals surface area contributed by atoms with Crippen molar-refractivity contribution in [2.45, 2.75) is 0 Å². The van der Waals surface area contributed by atoms with Gasteiger partial charge in [0, 0.05) is 21.4 Å². The van der Waals surface area contributed by atoms with E-state index in [0.29, 0.717) is 11.6 Å². The number of hydrogen-bond acceptors (Lipinski definition) is 4. The molecular formula is C13H8BrN3O. The summed E-state index contributed by atoms with van der Waals surface area (Å²) >= 11 is 3.35. The molecule has 0 saturated carbocycles. The summed E-state index contributed by atoms with van der Waals surface area (Å²) in [5.74, 6) is 1.10. The zero-order valence-electron chi connectivity index (χ0n) is 9.25. The Kier molecular flexibility index (Phi) is 2.90. The summed E-state index contributed by atoms with van der Waals surface area (Å²) < 4.78 is 6.56. The van der Waals surface area contributed by atoms with Crippen molar-refractivity contribution in [3.63, 3.8) is 0 Å². The Hall–Kier alpha value is -2.01. The molecule has 0 aliphatic rings. The van der Waals surface area contributed by atoms with Crippen LogP contribution >= 0.6 is 15.9 Å². The van der Waals surface area contributed by atoms with Crippen molar-refractivity contribution in [3.05, 3.63) is 53.4 Å². The van der Waals surface area contributed by atoms with Crippen LogP contribution in [0.1, 0.15) is 0 Å². The maximum Gasteiger partial charge on any atom is 0.246 e. The van der Waals surface area contributed by atoms with Crippen molar-refractivity contribution in [2.24, 2.45) is 0 Å². The first-order valence-corrected chi connectivity index (χ1v) is 6.11. The van der Waals surface area contributed by atoms with Crippen molar-refractivity contribution in [2.75, 3.05) is 0 Å². The number of hydrogen-bond donors (Lipinski definition) is 0. The average molecular weight is 302 g/mol. The Morgan fingerprint density at radius 1 is 1.06 bits per heavy atom. The molecule has 5 heteroatoms. The van der Waals surface area contributed by atoms with Gasteiger partial charge in [-0.3, -0.25) is 4.98 Å². The quantitative estimate of drug-likeness (QED) is 0.726. The third kappa shape index (κ3) is 2.17. The molecule has 0 amide bonds. The Morgan fingerprint density at radius 3 is 2.83 bits per heavy atom. The van der Waals surface area contributed by atoms with Crippen LogP contribution in [0.4, 0.5) is 0 Å². The summed E-state index contributed by atoms with van der Waals surface area (Å²) in [6.45, 7) is 0. The molecule has 18 heavy (non-hydrogen) atoms. The number of pyridine rings is 1. The van der Waals surface area contributed by atoms with Crippen LogP contribution < -0.4 is 4.74 Å². The van der Waals surface area contributed by atoms with Crippen molar-refractivity contribution in [1.82, 2.24) is 15.2 Å². The number of rotatable bonds is 2. The van der Waals surface area contributed by atoms with Gasteiger partial charge in [-0.15, -0.1) is 5.10 Å². The van der Waals surface area contributed by atoms with Crippen LogP contribution in [-0.4, -0.2) is 15.2 Å². The van der Waals surface area contributed by atoms with Gasteiger partial charge >= 0.3 is 0 Å². The Balaban J connectivity index is 2.05. The second-order valence-electron chi connectivity index (χ2n) is 3.68. The van der Waals surface area contributed by atoms with Crippen molar-refractivity contribution < 1.29 is 4.74 Å². The maximum absolute atomic E-state index is 5.71. The van der Waals surface area contributed by atoms with Gasteiger partial charge in [0.05, 0.1) is 12.4 Å². The molecule has 0 N–H and O–H groups in total. The molecule has 2 heterocycles. The van der Waals surface area contributed by atoms with Crippen LogP contribution in [0.15, 0.2) is 53.4 Å². The SMILES string of the molecule is Brc1cncc(Oc2nncc3ccccc23)c1. The lowest BCUT2D eigenvalue weighted by Gasteiger charge is -2.06. The molecule has 0 radical (unpaired) electrons. The van der Waals surface area contributed by atoms with Crippen LogP contribution in [0, 0.1) is 0 Å². The van der Waals surface area contributed by atoms with E-state index >= 15 is 0 Å². The molecule has 4 nitrogen and oxygen atoms in total. The Morgan fingerprint density at radius 2 is 1.94 bits per heavy atom. The number of fused-ring (bicyclic) bond motifs is 1. The number of ether oxygens (including phenoxy) is 1. The predicted octanol–water partition coefficient (Wildman–Crippen LogP) is 3.58. The molecule has 0 spiro atoms. The highest BCUT2D eigenvalue weighted by molar-refractivity contribution is 9.10. The smallest absolute Gasteiger partial charge is 0.246 e. The molecule has 0 saturated heterocycles. The third-order valence-corrected chi connectivity index (χ3v) is 2.86. The van der Waals surface area contributed by atoms with Gasteiger partial charge in [0.1, 0.15) is 5.75 Å². The first kappa shape index (κ1) is 11.1. The van der Waals surface area contributed by atoms with Crippen molar-refractivity contribution >= 4 is 26.7 Å². The molecule has 0 unspecified atom stereocenters. The molecule has 88 valence electrons. The molecule has 0 aliphatic carbocycles. The van der Waals surface area contributed by atoms with Crippen LogP contribution in [0.2, 0.25) is 0 Å². The van der Waals surface area contributed by atoms with Crippen molar-refractivity contribution in [3.8, 4) is 11.6 Å². The number of nitrogens with zero attached hydrogens (tertiary/aromatic N) is 3. The first-order chi connectivity index (χ1) is 8.83. The highest BCUT2D eigenvalue weighted by atomic mass is 79.9. The van der Waals surface area contributed by atoms with Crippen LogP contribution in [0.25, 0.3) is 10.8 Å². The average Bonchev–Trinajstić information content (AvgIpc) is 2.39.